The van der Waals surface area contributed by atoms with Crippen LogP contribution in [0, 0.1) is 0 Å². The zero-order valence-electron chi connectivity index (χ0n) is 6.09. The number of aliphatic hydroxyl groups is 1. The Morgan fingerprint density at radius 1 is 1.80 bits per heavy atom. The molecule has 0 spiro atoms. The molecule has 1 fully saturated rings. The van der Waals surface area contributed by atoms with Gasteiger partial charge in [-0.25, -0.2) is 0 Å². The number of Topliss-reactive ketones (excluding diaryl/α,β-unsaturated/α-hetero) is 1. The van der Waals surface area contributed by atoms with Crippen LogP contribution in [0.3, 0.4) is 0 Å². The highest BCUT2D eigenvalue weighted by atomic mass is 32.2. The number of thioether (sulfide) groups is 1. The van der Waals surface area contributed by atoms with E-state index in [1.165, 1.54) is 11.8 Å². The average molecular weight is 160 g/mol. The summed E-state index contributed by atoms with van der Waals surface area (Å²) in [7, 11) is 0. The Labute approximate surface area is 65.0 Å². The Bertz CT molecular complexity index is 147. The van der Waals surface area contributed by atoms with E-state index < -0.39 is 5.60 Å². The zero-order valence-corrected chi connectivity index (χ0v) is 6.91. The number of carbonyl (C=O) groups is 1. The van der Waals surface area contributed by atoms with E-state index in [9.17, 15) is 9.90 Å². The molecular formula is C7H12O2S. The molecule has 1 atom stereocenters. The third-order valence-electron chi connectivity index (χ3n) is 1.90. The number of rotatable bonds is 2. The first kappa shape index (κ1) is 8.08. The highest BCUT2D eigenvalue weighted by Crippen LogP contribution is 2.28. The van der Waals surface area contributed by atoms with Crippen molar-refractivity contribution in [3.05, 3.63) is 0 Å². The fraction of sp³-hybridized carbons (Fsp3) is 0.857. The van der Waals surface area contributed by atoms with Gasteiger partial charge in [-0.15, -0.1) is 0 Å². The largest absolute Gasteiger partial charge is 0.381 e. The molecular weight excluding hydrogens is 148 g/mol. The monoisotopic (exact) mass is 160 g/mol. The Balaban J connectivity index is 2.57. The lowest BCUT2D eigenvalue weighted by Crippen LogP contribution is -2.35. The van der Waals surface area contributed by atoms with Gasteiger partial charge in [-0.05, 0) is 19.1 Å². The van der Waals surface area contributed by atoms with Crippen LogP contribution in [0.15, 0.2) is 0 Å². The van der Waals surface area contributed by atoms with Crippen LogP contribution in [0.5, 0.6) is 0 Å². The molecule has 1 N–H and O–H groups in total. The predicted octanol–water partition coefficient (Wildman–Crippen LogP) is 0.834. The van der Waals surface area contributed by atoms with Crippen molar-refractivity contribution < 1.29 is 9.90 Å². The first-order valence-electron chi connectivity index (χ1n) is 3.44. The standard InChI is InChI=1S/C7H12O2S/c1-10-5-7(9)4-2-3-6(7)8/h9H,2-5H2,1H3. The molecule has 58 valence electrons. The van der Waals surface area contributed by atoms with Crippen LogP contribution in [0.1, 0.15) is 19.3 Å². The first-order chi connectivity index (χ1) is 4.69. The van der Waals surface area contributed by atoms with Crippen molar-refractivity contribution in [2.75, 3.05) is 12.0 Å². The van der Waals surface area contributed by atoms with Gasteiger partial charge in [0.15, 0.2) is 5.78 Å². The van der Waals surface area contributed by atoms with E-state index in [-0.39, 0.29) is 5.78 Å². The molecule has 1 aliphatic rings. The minimum atomic E-state index is -0.973. The van der Waals surface area contributed by atoms with E-state index in [0.717, 1.165) is 6.42 Å². The van der Waals surface area contributed by atoms with Gasteiger partial charge in [-0.1, -0.05) is 0 Å². The summed E-state index contributed by atoms with van der Waals surface area (Å²) in [5.74, 6) is 0.591. The molecule has 2 nitrogen and oxygen atoms in total. The quantitative estimate of drug-likeness (QED) is 0.650. The second kappa shape index (κ2) is 2.93. The van der Waals surface area contributed by atoms with Gasteiger partial charge in [0.05, 0.1) is 0 Å². The molecule has 0 radical (unpaired) electrons. The maximum Gasteiger partial charge on any atom is 0.165 e. The van der Waals surface area contributed by atoms with Gasteiger partial charge in [-0.2, -0.15) is 11.8 Å². The summed E-state index contributed by atoms with van der Waals surface area (Å²) in [6, 6.07) is 0. The maximum absolute atomic E-state index is 11.0. The molecule has 0 aromatic carbocycles. The molecule has 0 bridgehead atoms. The second-order valence-corrected chi connectivity index (χ2v) is 3.61. The van der Waals surface area contributed by atoms with Gasteiger partial charge >= 0.3 is 0 Å². The highest BCUT2D eigenvalue weighted by molar-refractivity contribution is 7.98. The summed E-state index contributed by atoms with van der Waals surface area (Å²) in [6.45, 7) is 0. The molecule has 0 heterocycles. The molecule has 1 saturated carbocycles. The summed E-state index contributed by atoms with van der Waals surface area (Å²) in [5, 5.41) is 9.59. The van der Waals surface area contributed by atoms with Crippen LogP contribution in [-0.2, 0) is 4.79 Å². The summed E-state index contributed by atoms with van der Waals surface area (Å²) in [4.78, 5) is 11.0. The SMILES string of the molecule is CSCC1(O)CCCC1=O. The van der Waals surface area contributed by atoms with Crippen molar-refractivity contribution in [1.29, 1.82) is 0 Å². The number of carbonyl (C=O) groups excluding carboxylic acids is 1. The minimum Gasteiger partial charge on any atom is -0.381 e. The number of hydrogen-bond acceptors (Lipinski definition) is 3. The van der Waals surface area contributed by atoms with Gasteiger partial charge in [0.25, 0.3) is 0 Å². The molecule has 1 rings (SSSR count). The molecule has 1 aliphatic carbocycles. The van der Waals surface area contributed by atoms with Gasteiger partial charge < -0.3 is 5.11 Å². The van der Waals surface area contributed by atoms with Crippen LogP contribution < -0.4 is 0 Å². The first-order valence-corrected chi connectivity index (χ1v) is 4.83. The fourth-order valence-corrected chi connectivity index (χ4v) is 2.09. The van der Waals surface area contributed by atoms with E-state index in [0.29, 0.717) is 18.6 Å². The van der Waals surface area contributed by atoms with Crippen molar-refractivity contribution in [3.8, 4) is 0 Å². The summed E-state index contributed by atoms with van der Waals surface area (Å²) in [5.41, 5.74) is -0.973. The molecule has 0 aromatic rings. The fourth-order valence-electron chi connectivity index (χ4n) is 1.30. The Hall–Kier alpha value is -0.0200. The maximum atomic E-state index is 11.0. The van der Waals surface area contributed by atoms with Gasteiger partial charge in [-0.3, -0.25) is 4.79 Å². The summed E-state index contributed by atoms with van der Waals surface area (Å²) in [6.07, 6.45) is 3.99. The molecule has 0 saturated heterocycles. The molecule has 0 aliphatic heterocycles. The van der Waals surface area contributed by atoms with Crippen molar-refractivity contribution >= 4 is 17.5 Å². The van der Waals surface area contributed by atoms with Crippen molar-refractivity contribution in [2.45, 2.75) is 24.9 Å². The Morgan fingerprint density at radius 2 is 2.50 bits per heavy atom. The zero-order chi connectivity index (χ0) is 7.61. The average Bonchev–Trinajstić information content (AvgIpc) is 2.15. The van der Waals surface area contributed by atoms with Crippen LogP contribution in [0.4, 0.5) is 0 Å². The van der Waals surface area contributed by atoms with Crippen LogP contribution in [0.2, 0.25) is 0 Å². The predicted molar refractivity (Wildman–Crippen MR) is 42.2 cm³/mol. The molecule has 0 amide bonds. The third-order valence-corrected chi connectivity index (χ3v) is 2.66. The van der Waals surface area contributed by atoms with Crippen LogP contribution in [0.25, 0.3) is 0 Å². The van der Waals surface area contributed by atoms with Crippen molar-refractivity contribution in [1.82, 2.24) is 0 Å². The molecule has 3 heteroatoms. The van der Waals surface area contributed by atoms with E-state index >= 15 is 0 Å². The summed E-state index contributed by atoms with van der Waals surface area (Å²) < 4.78 is 0. The smallest absolute Gasteiger partial charge is 0.165 e. The topological polar surface area (TPSA) is 37.3 Å². The van der Waals surface area contributed by atoms with E-state index in [1.807, 2.05) is 6.26 Å². The van der Waals surface area contributed by atoms with Crippen molar-refractivity contribution in [3.63, 3.8) is 0 Å². The Morgan fingerprint density at radius 3 is 2.90 bits per heavy atom. The number of ketones is 1. The minimum absolute atomic E-state index is 0.0295. The summed E-state index contributed by atoms with van der Waals surface area (Å²) >= 11 is 1.53. The van der Waals surface area contributed by atoms with E-state index in [1.54, 1.807) is 0 Å². The van der Waals surface area contributed by atoms with Crippen LogP contribution in [-0.4, -0.2) is 28.5 Å². The van der Waals surface area contributed by atoms with E-state index in [2.05, 4.69) is 0 Å². The van der Waals surface area contributed by atoms with Gasteiger partial charge in [0, 0.05) is 12.2 Å². The Kier molecular flexibility index (Phi) is 2.36. The van der Waals surface area contributed by atoms with Crippen molar-refractivity contribution in [2.24, 2.45) is 0 Å². The second-order valence-electron chi connectivity index (χ2n) is 2.74. The van der Waals surface area contributed by atoms with Crippen LogP contribution >= 0.6 is 11.8 Å². The lowest BCUT2D eigenvalue weighted by Gasteiger charge is -2.18. The normalized spacial score (nSPS) is 33.2. The number of hydrogen-bond donors (Lipinski definition) is 1. The molecule has 10 heavy (non-hydrogen) atoms. The van der Waals surface area contributed by atoms with Gasteiger partial charge in [0.1, 0.15) is 5.60 Å². The third kappa shape index (κ3) is 1.35. The lowest BCUT2D eigenvalue weighted by molar-refractivity contribution is -0.131. The van der Waals surface area contributed by atoms with Gasteiger partial charge in [0.2, 0.25) is 0 Å². The molecule has 1 unspecified atom stereocenters. The van der Waals surface area contributed by atoms with E-state index in [4.69, 9.17) is 0 Å². The molecule has 0 aromatic heterocycles. The lowest BCUT2D eigenvalue weighted by atomic mass is 10.1. The highest BCUT2D eigenvalue weighted by Gasteiger charge is 2.38.